The summed E-state index contributed by atoms with van der Waals surface area (Å²) in [6.45, 7) is 0.353. The van der Waals surface area contributed by atoms with Crippen LogP contribution >= 0.6 is 0 Å². The van der Waals surface area contributed by atoms with E-state index in [4.69, 9.17) is 9.63 Å². The Hall–Kier alpha value is -3.98. The van der Waals surface area contributed by atoms with Gasteiger partial charge in [0.15, 0.2) is 0 Å². The van der Waals surface area contributed by atoms with Gasteiger partial charge < -0.3 is 9.63 Å². The fraction of sp³-hybridized carbons (Fsp3) is 0.160. The first-order valence-corrected chi connectivity index (χ1v) is 10.3. The Morgan fingerprint density at radius 3 is 2.38 bits per heavy atom. The molecule has 6 nitrogen and oxygen atoms in total. The van der Waals surface area contributed by atoms with E-state index in [9.17, 15) is 18.0 Å². The van der Waals surface area contributed by atoms with Crippen LogP contribution in [0, 0.1) is 0 Å². The summed E-state index contributed by atoms with van der Waals surface area (Å²) in [4.78, 5) is 16.9. The van der Waals surface area contributed by atoms with Gasteiger partial charge in [0, 0.05) is 17.7 Å². The number of likely N-dealkylation sites (N-methyl/N-ethyl adjacent to an activating group) is 1. The molecule has 9 heteroatoms. The van der Waals surface area contributed by atoms with E-state index in [-0.39, 0.29) is 18.0 Å². The Bertz CT molecular complexity index is 1300. The van der Waals surface area contributed by atoms with Crippen molar-refractivity contribution in [1.82, 2.24) is 15.0 Å². The van der Waals surface area contributed by atoms with E-state index in [0.717, 1.165) is 11.6 Å². The molecular formula is C25H20F3N3O3. The molecule has 0 aliphatic carbocycles. The van der Waals surface area contributed by atoms with Crippen molar-refractivity contribution >= 4 is 5.97 Å². The smallest absolute Gasteiger partial charge is 0.417 e. The maximum absolute atomic E-state index is 13.3. The largest absolute Gasteiger partial charge is 0.480 e. The number of rotatable bonds is 7. The van der Waals surface area contributed by atoms with Gasteiger partial charge in [-0.3, -0.25) is 9.69 Å². The molecule has 0 aliphatic heterocycles. The predicted molar refractivity (Wildman–Crippen MR) is 120 cm³/mol. The zero-order chi connectivity index (χ0) is 24.3. The zero-order valence-corrected chi connectivity index (χ0v) is 18.1. The van der Waals surface area contributed by atoms with Gasteiger partial charge in [-0.2, -0.15) is 18.2 Å². The molecule has 0 spiro atoms. The molecule has 1 N–H and O–H groups in total. The van der Waals surface area contributed by atoms with Crippen LogP contribution in [0.15, 0.2) is 77.3 Å². The van der Waals surface area contributed by atoms with Gasteiger partial charge in [-0.25, -0.2) is 0 Å². The van der Waals surface area contributed by atoms with Gasteiger partial charge in [-0.15, -0.1) is 0 Å². The molecule has 1 aromatic heterocycles. The summed E-state index contributed by atoms with van der Waals surface area (Å²) in [6, 6.07) is 19.2. The van der Waals surface area contributed by atoms with Crippen molar-refractivity contribution in [1.29, 1.82) is 0 Å². The molecule has 0 aliphatic rings. The third kappa shape index (κ3) is 5.32. The summed E-state index contributed by atoms with van der Waals surface area (Å²) in [5.41, 5.74) is 1.99. The fourth-order valence-electron chi connectivity index (χ4n) is 3.64. The van der Waals surface area contributed by atoms with Crippen molar-refractivity contribution in [3.05, 3.63) is 83.9 Å². The fourth-order valence-corrected chi connectivity index (χ4v) is 3.64. The molecule has 34 heavy (non-hydrogen) atoms. The second-order valence-electron chi connectivity index (χ2n) is 7.81. The topological polar surface area (TPSA) is 79.5 Å². The van der Waals surface area contributed by atoms with Gasteiger partial charge >= 0.3 is 12.1 Å². The van der Waals surface area contributed by atoms with Crippen LogP contribution in [-0.2, 0) is 17.5 Å². The molecule has 0 unspecified atom stereocenters. The summed E-state index contributed by atoms with van der Waals surface area (Å²) in [5, 5.41) is 12.9. The molecule has 174 valence electrons. The highest BCUT2D eigenvalue weighted by Crippen LogP contribution is 2.37. The number of hydrogen-bond donors (Lipinski definition) is 1. The van der Waals surface area contributed by atoms with Crippen LogP contribution in [0.4, 0.5) is 13.2 Å². The Kier molecular flexibility index (Phi) is 6.47. The molecule has 0 bridgehead atoms. The SMILES string of the molecule is CN(CC(=O)O)Cc1cccc(-c2noc(-c3ccc(-c4ccccc4C(F)(F)F)cc3)n2)c1. The Labute approximate surface area is 193 Å². The summed E-state index contributed by atoms with van der Waals surface area (Å²) in [6.07, 6.45) is -4.45. The van der Waals surface area contributed by atoms with Gasteiger partial charge in [0.05, 0.1) is 12.1 Å². The monoisotopic (exact) mass is 467 g/mol. The number of carboxylic acids is 1. The van der Waals surface area contributed by atoms with Gasteiger partial charge in [-0.05, 0) is 48.0 Å². The Balaban J connectivity index is 1.55. The molecular weight excluding hydrogens is 447 g/mol. The minimum Gasteiger partial charge on any atom is -0.480 e. The number of benzene rings is 3. The van der Waals surface area contributed by atoms with Crippen LogP contribution in [-0.4, -0.2) is 39.7 Å². The van der Waals surface area contributed by atoms with Gasteiger partial charge in [0.2, 0.25) is 5.82 Å². The lowest BCUT2D eigenvalue weighted by atomic mass is 9.98. The molecule has 0 radical (unpaired) electrons. The van der Waals surface area contributed by atoms with E-state index < -0.39 is 17.7 Å². The molecule has 0 atom stereocenters. The van der Waals surface area contributed by atoms with E-state index in [2.05, 4.69) is 10.1 Å². The number of alkyl halides is 3. The predicted octanol–water partition coefficient (Wildman–Crippen LogP) is 5.61. The van der Waals surface area contributed by atoms with E-state index >= 15 is 0 Å². The molecule has 4 aromatic rings. The van der Waals surface area contributed by atoms with Gasteiger partial charge in [-0.1, -0.05) is 53.7 Å². The number of aliphatic carboxylic acids is 1. The average molecular weight is 467 g/mol. The lowest BCUT2D eigenvalue weighted by Gasteiger charge is -2.14. The molecule has 0 saturated heterocycles. The standard InChI is InChI=1S/C25H20F3N3O3/c1-31(15-22(32)33)14-16-5-4-6-19(13-16)23-29-24(34-30-23)18-11-9-17(10-12-18)20-7-2-3-8-21(20)25(26,27)28/h2-13H,14-15H2,1H3,(H,32,33). The molecule has 1 heterocycles. The number of halogens is 3. The third-order valence-corrected chi connectivity index (χ3v) is 5.14. The first kappa shape index (κ1) is 23.2. The number of carbonyl (C=O) groups is 1. The number of carboxylic acid groups (broad SMARTS) is 1. The van der Waals surface area contributed by atoms with Crippen molar-refractivity contribution in [2.24, 2.45) is 0 Å². The highest BCUT2D eigenvalue weighted by atomic mass is 19.4. The van der Waals surface area contributed by atoms with Crippen LogP contribution in [0.2, 0.25) is 0 Å². The van der Waals surface area contributed by atoms with Crippen LogP contribution in [0.5, 0.6) is 0 Å². The highest BCUT2D eigenvalue weighted by molar-refractivity contribution is 5.71. The van der Waals surface area contributed by atoms with Crippen molar-refractivity contribution in [3.63, 3.8) is 0 Å². The van der Waals surface area contributed by atoms with Crippen molar-refractivity contribution < 1.29 is 27.6 Å². The lowest BCUT2D eigenvalue weighted by Crippen LogP contribution is -2.25. The molecule has 0 fully saturated rings. The van der Waals surface area contributed by atoms with Crippen molar-refractivity contribution in [3.8, 4) is 34.0 Å². The van der Waals surface area contributed by atoms with Gasteiger partial charge in [0.25, 0.3) is 5.89 Å². The van der Waals surface area contributed by atoms with Crippen molar-refractivity contribution in [2.45, 2.75) is 12.7 Å². The normalized spacial score (nSPS) is 11.7. The number of nitrogens with zero attached hydrogens (tertiary/aromatic N) is 3. The Morgan fingerprint density at radius 2 is 1.68 bits per heavy atom. The van der Waals surface area contributed by atoms with E-state index in [0.29, 0.717) is 29.1 Å². The Morgan fingerprint density at radius 1 is 0.971 bits per heavy atom. The van der Waals surface area contributed by atoms with Crippen LogP contribution in [0.25, 0.3) is 34.0 Å². The highest BCUT2D eigenvalue weighted by Gasteiger charge is 2.33. The molecule has 3 aromatic carbocycles. The van der Waals surface area contributed by atoms with Crippen LogP contribution < -0.4 is 0 Å². The molecule has 0 amide bonds. The van der Waals surface area contributed by atoms with Gasteiger partial charge in [0.1, 0.15) is 0 Å². The molecule has 0 saturated carbocycles. The lowest BCUT2D eigenvalue weighted by molar-refractivity contribution is -0.138. The second-order valence-corrected chi connectivity index (χ2v) is 7.81. The van der Waals surface area contributed by atoms with Crippen LogP contribution in [0.1, 0.15) is 11.1 Å². The minimum absolute atomic E-state index is 0.0833. The minimum atomic E-state index is -4.45. The summed E-state index contributed by atoms with van der Waals surface area (Å²) < 4.78 is 45.4. The third-order valence-electron chi connectivity index (χ3n) is 5.14. The maximum atomic E-state index is 13.3. The van der Waals surface area contributed by atoms with Crippen molar-refractivity contribution in [2.75, 3.05) is 13.6 Å². The summed E-state index contributed by atoms with van der Waals surface area (Å²) in [7, 11) is 1.71. The first-order chi connectivity index (χ1) is 16.2. The number of aromatic nitrogens is 2. The van der Waals surface area contributed by atoms with Crippen LogP contribution in [0.3, 0.4) is 0 Å². The maximum Gasteiger partial charge on any atom is 0.417 e. The molecule has 4 rings (SSSR count). The second kappa shape index (κ2) is 9.48. The van der Waals surface area contributed by atoms with E-state index in [1.165, 1.54) is 12.1 Å². The zero-order valence-electron chi connectivity index (χ0n) is 18.1. The average Bonchev–Trinajstić information content (AvgIpc) is 3.29. The summed E-state index contributed by atoms with van der Waals surface area (Å²) >= 11 is 0. The first-order valence-electron chi connectivity index (χ1n) is 10.3. The van der Waals surface area contributed by atoms with E-state index in [1.807, 2.05) is 24.3 Å². The van der Waals surface area contributed by atoms with E-state index in [1.54, 1.807) is 42.3 Å². The number of hydrogen-bond acceptors (Lipinski definition) is 5. The quantitative estimate of drug-likeness (QED) is 0.381. The summed E-state index contributed by atoms with van der Waals surface area (Å²) in [5.74, 6) is -0.322.